The van der Waals surface area contributed by atoms with E-state index in [1.807, 2.05) is 12.1 Å². The Morgan fingerprint density at radius 1 is 1.24 bits per heavy atom. The highest BCUT2D eigenvalue weighted by Crippen LogP contribution is 2.36. The second kappa shape index (κ2) is 7.55. The average Bonchev–Trinajstić information content (AvgIpc) is 2.58. The second-order valence-electron chi connectivity index (χ2n) is 7.00. The molecule has 2 aromatic rings. The number of rotatable bonds is 5. The van der Waals surface area contributed by atoms with Crippen molar-refractivity contribution in [3.8, 4) is 16.9 Å². The second-order valence-corrected chi connectivity index (χ2v) is 7.00. The van der Waals surface area contributed by atoms with E-state index in [4.69, 9.17) is 4.74 Å². The molecule has 0 saturated carbocycles. The van der Waals surface area contributed by atoms with E-state index in [1.165, 1.54) is 0 Å². The number of benzene rings is 1. The first-order valence-corrected chi connectivity index (χ1v) is 8.44. The fourth-order valence-electron chi connectivity index (χ4n) is 2.73. The fraction of sp³-hybridized carbons (Fsp3) is 0.400. The van der Waals surface area contributed by atoms with E-state index in [1.54, 1.807) is 32.4 Å². The first-order valence-electron chi connectivity index (χ1n) is 8.44. The molecule has 2 N–H and O–H groups in total. The van der Waals surface area contributed by atoms with Gasteiger partial charge in [0.25, 0.3) is 5.56 Å². The molecule has 0 unspecified atom stereocenters. The van der Waals surface area contributed by atoms with Gasteiger partial charge < -0.3 is 15.0 Å². The predicted octanol–water partition coefficient (Wildman–Crippen LogP) is 3.37. The average molecular weight is 342 g/mol. The standard InChI is InChI=1S/C20H26N2O3/c1-6-18(23)22-12-13-10-17(25-5)16(20(2,3)4)11-15(13)14-8-7-9-21-19(14)24/h7-11H,6,12H2,1-5H3,(H,21,24)(H,22,23). The number of nitrogens with one attached hydrogen (secondary N) is 2. The maximum Gasteiger partial charge on any atom is 0.255 e. The molecule has 0 bridgehead atoms. The van der Waals surface area contributed by atoms with Crippen LogP contribution in [0.25, 0.3) is 11.1 Å². The lowest BCUT2D eigenvalue weighted by atomic mass is 9.83. The van der Waals surface area contributed by atoms with Gasteiger partial charge in [0.1, 0.15) is 5.75 Å². The largest absolute Gasteiger partial charge is 0.496 e. The molecule has 5 heteroatoms. The smallest absolute Gasteiger partial charge is 0.255 e. The zero-order valence-corrected chi connectivity index (χ0v) is 15.5. The number of pyridine rings is 1. The van der Waals surface area contributed by atoms with Crippen LogP contribution in [0.3, 0.4) is 0 Å². The molecule has 1 aromatic carbocycles. The first kappa shape index (κ1) is 18.8. The minimum Gasteiger partial charge on any atom is -0.496 e. The molecule has 1 aromatic heterocycles. The highest BCUT2D eigenvalue weighted by Gasteiger charge is 2.22. The Kier molecular flexibility index (Phi) is 5.67. The highest BCUT2D eigenvalue weighted by molar-refractivity contribution is 5.76. The molecule has 1 amide bonds. The number of methoxy groups -OCH3 is 1. The molecule has 0 atom stereocenters. The summed E-state index contributed by atoms with van der Waals surface area (Å²) in [5, 5.41) is 2.88. The monoisotopic (exact) mass is 342 g/mol. The Morgan fingerprint density at radius 3 is 2.52 bits per heavy atom. The number of carbonyl (C=O) groups excluding carboxylic acids is 1. The van der Waals surface area contributed by atoms with Crippen molar-refractivity contribution in [2.45, 2.75) is 46.1 Å². The molecular formula is C20H26N2O3. The molecule has 134 valence electrons. The van der Waals surface area contributed by atoms with Crippen molar-refractivity contribution in [3.05, 3.63) is 51.9 Å². The van der Waals surface area contributed by atoms with Crippen molar-refractivity contribution in [1.82, 2.24) is 10.3 Å². The number of amides is 1. The molecule has 0 aliphatic heterocycles. The van der Waals surface area contributed by atoms with Crippen LogP contribution >= 0.6 is 0 Å². The van der Waals surface area contributed by atoms with E-state index in [-0.39, 0.29) is 16.9 Å². The van der Waals surface area contributed by atoms with Crippen molar-refractivity contribution in [2.24, 2.45) is 0 Å². The Labute approximate surface area is 148 Å². The van der Waals surface area contributed by atoms with Gasteiger partial charge in [-0.15, -0.1) is 0 Å². The van der Waals surface area contributed by atoms with Crippen LogP contribution in [0.4, 0.5) is 0 Å². The van der Waals surface area contributed by atoms with E-state index in [2.05, 4.69) is 31.1 Å². The van der Waals surface area contributed by atoms with Gasteiger partial charge in [0.05, 0.1) is 7.11 Å². The number of aromatic nitrogens is 1. The molecule has 0 spiro atoms. The highest BCUT2D eigenvalue weighted by atomic mass is 16.5. The van der Waals surface area contributed by atoms with Gasteiger partial charge in [0.15, 0.2) is 0 Å². The quantitative estimate of drug-likeness (QED) is 0.875. The molecule has 25 heavy (non-hydrogen) atoms. The van der Waals surface area contributed by atoms with Crippen molar-refractivity contribution < 1.29 is 9.53 Å². The Bertz CT molecular complexity index is 816. The van der Waals surface area contributed by atoms with Crippen LogP contribution in [0, 0.1) is 0 Å². The van der Waals surface area contributed by atoms with E-state index < -0.39 is 0 Å². The lowest BCUT2D eigenvalue weighted by Crippen LogP contribution is -2.23. The van der Waals surface area contributed by atoms with E-state index in [0.717, 1.165) is 22.4 Å². The van der Waals surface area contributed by atoms with E-state index in [9.17, 15) is 9.59 Å². The molecule has 0 saturated heterocycles. The zero-order valence-electron chi connectivity index (χ0n) is 15.5. The van der Waals surface area contributed by atoms with Gasteiger partial charge in [-0.1, -0.05) is 27.7 Å². The van der Waals surface area contributed by atoms with Crippen molar-refractivity contribution in [1.29, 1.82) is 0 Å². The lowest BCUT2D eigenvalue weighted by molar-refractivity contribution is -0.120. The number of carbonyl (C=O) groups is 1. The molecule has 5 nitrogen and oxygen atoms in total. The molecule has 2 rings (SSSR count). The summed E-state index contributed by atoms with van der Waals surface area (Å²) < 4.78 is 5.57. The summed E-state index contributed by atoms with van der Waals surface area (Å²) in [5.41, 5.74) is 2.95. The summed E-state index contributed by atoms with van der Waals surface area (Å²) >= 11 is 0. The predicted molar refractivity (Wildman–Crippen MR) is 99.9 cm³/mol. The van der Waals surface area contributed by atoms with Gasteiger partial charge >= 0.3 is 0 Å². The number of aromatic amines is 1. The molecular weight excluding hydrogens is 316 g/mol. The van der Waals surface area contributed by atoms with E-state index in [0.29, 0.717) is 18.5 Å². The zero-order chi connectivity index (χ0) is 18.6. The fourth-order valence-corrected chi connectivity index (χ4v) is 2.73. The summed E-state index contributed by atoms with van der Waals surface area (Å²) in [7, 11) is 1.63. The van der Waals surface area contributed by atoms with Crippen LogP contribution in [0.1, 0.15) is 45.2 Å². The van der Waals surface area contributed by atoms with Gasteiger partial charge in [-0.3, -0.25) is 9.59 Å². The summed E-state index contributed by atoms with van der Waals surface area (Å²) in [4.78, 5) is 26.7. The first-order chi connectivity index (χ1) is 11.8. The minimum absolute atomic E-state index is 0.0354. The topological polar surface area (TPSA) is 71.2 Å². The van der Waals surface area contributed by atoms with Crippen LogP contribution in [0.5, 0.6) is 5.75 Å². The third-order valence-electron chi connectivity index (χ3n) is 4.14. The summed E-state index contributed by atoms with van der Waals surface area (Å²) in [5.74, 6) is 0.719. The van der Waals surface area contributed by atoms with Gasteiger partial charge in [-0.25, -0.2) is 0 Å². The van der Waals surface area contributed by atoms with Crippen LogP contribution in [-0.4, -0.2) is 18.0 Å². The third-order valence-corrected chi connectivity index (χ3v) is 4.14. The Morgan fingerprint density at radius 2 is 1.96 bits per heavy atom. The molecule has 0 radical (unpaired) electrons. The number of H-pyrrole nitrogens is 1. The third kappa shape index (κ3) is 4.29. The number of hydrogen-bond acceptors (Lipinski definition) is 3. The van der Waals surface area contributed by atoms with E-state index >= 15 is 0 Å². The minimum atomic E-state index is -0.157. The Hall–Kier alpha value is -2.56. The van der Waals surface area contributed by atoms with Gasteiger partial charge in [0.2, 0.25) is 5.91 Å². The molecule has 0 aliphatic rings. The lowest BCUT2D eigenvalue weighted by Gasteiger charge is -2.24. The maximum atomic E-state index is 12.3. The van der Waals surface area contributed by atoms with Crippen LogP contribution in [-0.2, 0) is 16.8 Å². The van der Waals surface area contributed by atoms with Crippen molar-refractivity contribution in [3.63, 3.8) is 0 Å². The summed E-state index contributed by atoms with van der Waals surface area (Å²) in [6, 6.07) is 7.50. The van der Waals surface area contributed by atoms with Gasteiger partial charge in [-0.2, -0.15) is 0 Å². The number of hydrogen-bond donors (Lipinski definition) is 2. The van der Waals surface area contributed by atoms with Crippen molar-refractivity contribution in [2.75, 3.05) is 7.11 Å². The Balaban J connectivity index is 2.65. The summed E-state index contributed by atoms with van der Waals surface area (Å²) in [6.45, 7) is 8.45. The molecule has 0 fully saturated rings. The molecule has 1 heterocycles. The van der Waals surface area contributed by atoms with Gasteiger partial charge in [0, 0.05) is 30.3 Å². The normalized spacial score (nSPS) is 11.2. The van der Waals surface area contributed by atoms with Crippen LogP contribution in [0.2, 0.25) is 0 Å². The van der Waals surface area contributed by atoms with Gasteiger partial charge in [-0.05, 0) is 40.8 Å². The van der Waals surface area contributed by atoms with Crippen molar-refractivity contribution >= 4 is 5.91 Å². The molecule has 0 aliphatic carbocycles. The van der Waals surface area contributed by atoms with Crippen LogP contribution < -0.4 is 15.6 Å². The summed E-state index contributed by atoms with van der Waals surface area (Å²) in [6.07, 6.45) is 2.02. The SMILES string of the molecule is CCC(=O)NCc1cc(OC)c(C(C)(C)C)cc1-c1ccc[nH]c1=O. The maximum absolute atomic E-state index is 12.3. The number of ether oxygens (including phenoxy) is 1. The van der Waals surface area contributed by atoms with Crippen LogP contribution in [0.15, 0.2) is 35.3 Å².